The monoisotopic (exact) mass is 199 g/mol. The van der Waals surface area contributed by atoms with Gasteiger partial charge in [0.25, 0.3) is 0 Å². The fourth-order valence-electron chi connectivity index (χ4n) is 1.15. The van der Waals surface area contributed by atoms with E-state index in [1.165, 1.54) is 6.33 Å². The number of ether oxygens (including phenoxy) is 1. The van der Waals surface area contributed by atoms with Gasteiger partial charge in [-0.1, -0.05) is 0 Å². The molecule has 0 aliphatic carbocycles. The van der Waals surface area contributed by atoms with Crippen LogP contribution in [0.2, 0.25) is 0 Å². The van der Waals surface area contributed by atoms with Crippen LogP contribution in [0.1, 0.15) is 12.7 Å². The van der Waals surface area contributed by atoms with Gasteiger partial charge in [0, 0.05) is 20.1 Å². The standard InChI is InChI=1S/C8H17N5O/c1-3-14-5-7(12-9)4-8-10-6-11-13(8)2/h6-7,12H,3-5,9H2,1-2H3. The van der Waals surface area contributed by atoms with Crippen LogP contribution in [0, 0.1) is 0 Å². The van der Waals surface area contributed by atoms with Crippen LogP contribution in [-0.2, 0) is 18.2 Å². The second-order valence-electron chi connectivity index (χ2n) is 3.03. The van der Waals surface area contributed by atoms with Crippen LogP contribution in [0.15, 0.2) is 6.33 Å². The van der Waals surface area contributed by atoms with E-state index in [1.54, 1.807) is 4.68 Å². The summed E-state index contributed by atoms with van der Waals surface area (Å²) in [4.78, 5) is 4.11. The summed E-state index contributed by atoms with van der Waals surface area (Å²) in [6, 6.07) is 0.0813. The van der Waals surface area contributed by atoms with Crippen LogP contribution in [0.5, 0.6) is 0 Å². The Balaban J connectivity index is 2.44. The van der Waals surface area contributed by atoms with Crippen LogP contribution < -0.4 is 11.3 Å². The van der Waals surface area contributed by atoms with Crippen LogP contribution in [0.3, 0.4) is 0 Å². The number of hydrogen-bond acceptors (Lipinski definition) is 5. The van der Waals surface area contributed by atoms with Crippen molar-refractivity contribution in [2.24, 2.45) is 12.9 Å². The molecule has 6 nitrogen and oxygen atoms in total. The summed E-state index contributed by atoms with van der Waals surface area (Å²) in [5, 5.41) is 3.98. The quantitative estimate of drug-likeness (QED) is 0.464. The third kappa shape index (κ3) is 3.06. The molecule has 1 atom stereocenters. The maximum atomic E-state index is 5.39. The minimum atomic E-state index is 0.0813. The van der Waals surface area contributed by atoms with Crippen molar-refractivity contribution in [1.29, 1.82) is 0 Å². The van der Waals surface area contributed by atoms with E-state index in [2.05, 4.69) is 15.5 Å². The Morgan fingerprint density at radius 3 is 3.00 bits per heavy atom. The van der Waals surface area contributed by atoms with E-state index in [1.807, 2.05) is 14.0 Å². The molecule has 0 aromatic carbocycles. The van der Waals surface area contributed by atoms with Gasteiger partial charge >= 0.3 is 0 Å². The molecule has 14 heavy (non-hydrogen) atoms. The van der Waals surface area contributed by atoms with E-state index >= 15 is 0 Å². The van der Waals surface area contributed by atoms with E-state index < -0.39 is 0 Å². The predicted molar refractivity (Wildman–Crippen MR) is 52.3 cm³/mol. The van der Waals surface area contributed by atoms with Gasteiger partial charge in [-0.05, 0) is 6.92 Å². The van der Waals surface area contributed by atoms with Gasteiger partial charge in [-0.25, -0.2) is 4.98 Å². The fraction of sp³-hybridized carbons (Fsp3) is 0.750. The van der Waals surface area contributed by atoms with Crippen molar-refractivity contribution >= 4 is 0 Å². The first-order valence-electron chi connectivity index (χ1n) is 4.64. The highest BCUT2D eigenvalue weighted by molar-refractivity contribution is 4.88. The zero-order valence-corrected chi connectivity index (χ0v) is 8.60. The van der Waals surface area contributed by atoms with E-state index in [0.717, 1.165) is 5.82 Å². The SMILES string of the molecule is CCOCC(Cc1ncnn1C)NN. The number of aromatic nitrogens is 3. The third-order valence-corrected chi connectivity index (χ3v) is 1.99. The molecule has 1 rings (SSSR count). The van der Waals surface area contributed by atoms with Crippen LogP contribution in [0.4, 0.5) is 0 Å². The number of hydrogen-bond donors (Lipinski definition) is 2. The Morgan fingerprint density at radius 2 is 2.50 bits per heavy atom. The molecule has 1 heterocycles. The zero-order chi connectivity index (χ0) is 10.4. The summed E-state index contributed by atoms with van der Waals surface area (Å²) in [6.07, 6.45) is 2.25. The Kier molecular flexibility index (Phi) is 4.51. The highest BCUT2D eigenvalue weighted by atomic mass is 16.5. The number of nitrogens with two attached hydrogens (primary N) is 1. The van der Waals surface area contributed by atoms with E-state index in [9.17, 15) is 0 Å². The lowest BCUT2D eigenvalue weighted by Gasteiger charge is -2.14. The van der Waals surface area contributed by atoms with E-state index in [4.69, 9.17) is 10.6 Å². The summed E-state index contributed by atoms with van der Waals surface area (Å²) >= 11 is 0. The van der Waals surface area contributed by atoms with Gasteiger partial charge in [0.15, 0.2) is 0 Å². The average molecular weight is 199 g/mol. The summed E-state index contributed by atoms with van der Waals surface area (Å²) < 4.78 is 7.01. The Hall–Kier alpha value is -0.980. The molecule has 1 aromatic heterocycles. The van der Waals surface area contributed by atoms with Gasteiger partial charge in [-0.2, -0.15) is 5.10 Å². The molecule has 1 aromatic rings. The molecule has 0 aliphatic heterocycles. The molecule has 0 aliphatic rings. The number of hydrazine groups is 1. The first kappa shape index (κ1) is 11.1. The van der Waals surface area contributed by atoms with Crippen LogP contribution in [-0.4, -0.2) is 34.0 Å². The van der Waals surface area contributed by atoms with Crippen molar-refractivity contribution < 1.29 is 4.74 Å². The molecule has 3 N–H and O–H groups in total. The number of aryl methyl sites for hydroxylation is 1. The Bertz CT molecular complexity index is 262. The van der Waals surface area contributed by atoms with Crippen molar-refractivity contribution in [3.05, 3.63) is 12.2 Å². The maximum absolute atomic E-state index is 5.39. The normalized spacial score (nSPS) is 13.1. The van der Waals surface area contributed by atoms with Crippen molar-refractivity contribution in [3.8, 4) is 0 Å². The molecular weight excluding hydrogens is 182 g/mol. The van der Waals surface area contributed by atoms with E-state index in [0.29, 0.717) is 19.6 Å². The first-order valence-corrected chi connectivity index (χ1v) is 4.64. The summed E-state index contributed by atoms with van der Waals surface area (Å²) in [5.41, 5.74) is 2.70. The lowest BCUT2D eigenvalue weighted by atomic mass is 10.2. The molecule has 80 valence electrons. The molecule has 6 heteroatoms. The second kappa shape index (κ2) is 5.69. The lowest BCUT2D eigenvalue weighted by Crippen LogP contribution is -2.40. The lowest BCUT2D eigenvalue weighted by molar-refractivity contribution is 0.122. The minimum absolute atomic E-state index is 0.0813. The molecule has 0 fully saturated rings. The number of nitrogens with zero attached hydrogens (tertiary/aromatic N) is 3. The first-order chi connectivity index (χ1) is 6.77. The largest absolute Gasteiger partial charge is 0.380 e. The minimum Gasteiger partial charge on any atom is -0.380 e. The van der Waals surface area contributed by atoms with Crippen molar-refractivity contribution in [2.45, 2.75) is 19.4 Å². The molecular formula is C8H17N5O. The summed E-state index contributed by atoms with van der Waals surface area (Å²) in [7, 11) is 1.86. The van der Waals surface area contributed by atoms with Crippen LogP contribution >= 0.6 is 0 Å². The maximum Gasteiger partial charge on any atom is 0.138 e. The molecule has 0 amide bonds. The second-order valence-corrected chi connectivity index (χ2v) is 3.03. The summed E-state index contributed by atoms with van der Waals surface area (Å²) in [6.45, 7) is 3.23. The number of nitrogens with one attached hydrogen (secondary N) is 1. The molecule has 0 spiro atoms. The van der Waals surface area contributed by atoms with E-state index in [-0.39, 0.29) is 6.04 Å². The Labute approximate surface area is 83.4 Å². The topological polar surface area (TPSA) is 78.0 Å². The van der Waals surface area contributed by atoms with Gasteiger partial charge in [0.05, 0.1) is 12.6 Å². The highest BCUT2D eigenvalue weighted by Crippen LogP contribution is 1.97. The molecule has 0 radical (unpaired) electrons. The third-order valence-electron chi connectivity index (χ3n) is 1.99. The van der Waals surface area contributed by atoms with Crippen molar-refractivity contribution in [1.82, 2.24) is 20.2 Å². The van der Waals surface area contributed by atoms with Gasteiger partial charge in [-0.15, -0.1) is 0 Å². The molecule has 0 saturated carbocycles. The molecule has 0 bridgehead atoms. The average Bonchev–Trinajstić information content (AvgIpc) is 2.59. The molecule has 1 unspecified atom stereocenters. The number of rotatable bonds is 6. The van der Waals surface area contributed by atoms with Gasteiger partial charge in [0.1, 0.15) is 12.2 Å². The van der Waals surface area contributed by atoms with Gasteiger partial charge in [-0.3, -0.25) is 16.0 Å². The smallest absolute Gasteiger partial charge is 0.138 e. The van der Waals surface area contributed by atoms with Crippen LogP contribution in [0.25, 0.3) is 0 Å². The summed E-state index contributed by atoms with van der Waals surface area (Å²) in [5.74, 6) is 6.29. The highest BCUT2D eigenvalue weighted by Gasteiger charge is 2.10. The van der Waals surface area contributed by atoms with Gasteiger partial charge < -0.3 is 4.74 Å². The zero-order valence-electron chi connectivity index (χ0n) is 8.60. The predicted octanol–water partition coefficient (Wildman–Crippen LogP) is -0.774. The van der Waals surface area contributed by atoms with Gasteiger partial charge in [0.2, 0.25) is 0 Å². The fourth-order valence-corrected chi connectivity index (χ4v) is 1.15. The molecule has 0 saturated heterocycles. The van der Waals surface area contributed by atoms with Crippen molar-refractivity contribution in [3.63, 3.8) is 0 Å². The Morgan fingerprint density at radius 1 is 1.71 bits per heavy atom. The van der Waals surface area contributed by atoms with Crippen molar-refractivity contribution in [2.75, 3.05) is 13.2 Å².